The summed E-state index contributed by atoms with van der Waals surface area (Å²) < 4.78 is 5.75. The Hall–Kier alpha value is -3.23. The quantitative estimate of drug-likeness (QED) is 0.554. The molecule has 0 aliphatic carbocycles. The van der Waals surface area contributed by atoms with E-state index < -0.39 is 6.04 Å². The van der Waals surface area contributed by atoms with Gasteiger partial charge in [0.25, 0.3) is 5.91 Å². The molecule has 0 saturated heterocycles. The molecule has 0 saturated carbocycles. The number of aliphatic hydroxyl groups is 1. The summed E-state index contributed by atoms with van der Waals surface area (Å²) in [7, 11) is 0. The van der Waals surface area contributed by atoms with Crippen molar-refractivity contribution in [3.05, 3.63) is 65.4 Å². The lowest BCUT2D eigenvalue weighted by molar-refractivity contribution is 0.0910. The molecule has 28 heavy (non-hydrogen) atoms. The minimum atomic E-state index is -0.437. The first-order chi connectivity index (χ1) is 13.5. The molecule has 1 amide bonds. The smallest absolute Gasteiger partial charge is 0.255 e. The number of aromatic nitrogens is 1. The van der Waals surface area contributed by atoms with E-state index in [2.05, 4.69) is 16.2 Å². The number of fused-ring (bicyclic) bond motifs is 1. The molecule has 0 radical (unpaired) electrons. The minimum Gasteiger partial charge on any atom is -0.490 e. The third-order valence-electron chi connectivity index (χ3n) is 4.45. The van der Waals surface area contributed by atoms with Crippen molar-refractivity contribution >= 4 is 16.8 Å². The maximum absolute atomic E-state index is 12.9. The van der Waals surface area contributed by atoms with Gasteiger partial charge in [0.05, 0.1) is 24.3 Å². The van der Waals surface area contributed by atoms with E-state index in [1.165, 1.54) is 0 Å². The largest absolute Gasteiger partial charge is 0.490 e. The lowest BCUT2D eigenvalue weighted by Crippen LogP contribution is -2.39. The van der Waals surface area contributed by atoms with E-state index in [9.17, 15) is 9.90 Å². The van der Waals surface area contributed by atoms with Crippen molar-refractivity contribution in [1.29, 1.82) is 0 Å². The van der Waals surface area contributed by atoms with Crippen LogP contribution in [0.3, 0.4) is 0 Å². The van der Waals surface area contributed by atoms with Gasteiger partial charge in [-0.1, -0.05) is 24.1 Å². The summed E-state index contributed by atoms with van der Waals surface area (Å²) in [6, 6.07) is 12.6. The number of rotatable bonds is 7. The standard InChI is InChI=1S/C23H24N2O3/c1-4-16-9-10-22(28-15(2)3)20(11-16)23(27)25-18(14-26)12-17-13-24-21-8-6-5-7-19(17)21/h1,5-11,13,15,18,24,26H,12,14H2,2-3H3,(H,25,27). The van der Waals surface area contributed by atoms with Crippen molar-refractivity contribution in [1.82, 2.24) is 10.3 Å². The van der Waals surface area contributed by atoms with Gasteiger partial charge < -0.3 is 20.1 Å². The normalized spacial score (nSPS) is 12.0. The molecule has 5 heteroatoms. The number of hydrogen-bond donors (Lipinski definition) is 3. The fourth-order valence-electron chi connectivity index (χ4n) is 3.14. The van der Waals surface area contributed by atoms with E-state index in [1.807, 2.05) is 44.3 Å². The maximum atomic E-state index is 12.9. The van der Waals surface area contributed by atoms with Crippen molar-refractivity contribution < 1.29 is 14.6 Å². The van der Waals surface area contributed by atoms with Crippen LogP contribution in [-0.2, 0) is 6.42 Å². The van der Waals surface area contributed by atoms with Crippen LogP contribution in [0, 0.1) is 12.3 Å². The average Bonchev–Trinajstić information content (AvgIpc) is 3.10. The highest BCUT2D eigenvalue weighted by atomic mass is 16.5. The molecule has 3 N–H and O–H groups in total. The number of amides is 1. The Labute approximate surface area is 164 Å². The van der Waals surface area contributed by atoms with Gasteiger partial charge in [0.1, 0.15) is 5.75 Å². The molecule has 5 nitrogen and oxygen atoms in total. The molecule has 1 unspecified atom stereocenters. The number of hydrogen-bond acceptors (Lipinski definition) is 3. The number of carbonyl (C=O) groups is 1. The van der Waals surface area contributed by atoms with Crippen molar-refractivity contribution in [2.24, 2.45) is 0 Å². The van der Waals surface area contributed by atoms with Crippen LogP contribution in [0.25, 0.3) is 10.9 Å². The van der Waals surface area contributed by atoms with Gasteiger partial charge in [0.2, 0.25) is 0 Å². The molecule has 0 aliphatic heterocycles. The number of H-pyrrole nitrogens is 1. The number of terminal acetylenes is 1. The summed E-state index contributed by atoms with van der Waals surface area (Å²) in [6.07, 6.45) is 7.80. The maximum Gasteiger partial charge on any atom is 0.255 e. The average molecular weight is 376 g/mol. The summed E-state index contributed by atoms with van der Waals surface area (Å²) in [4.78, 5) is 16.1. The summed E-state index contributed by atoms with van der Waals surface area (Å²) in [5.41, 5.74) is 3.01. The molecule has 144 valence electrons. The fourth-order valence-corrected chi connectivity index (χ4v) is 3.14. The van der Waals surface area contributed by atoms with E-state index in [0.717, 1.165) is 16.5 Å². The van der Waals surface area contributed by atoms with E-state index in [4.69, 9.17) is 11.2 Å². The lowest BCUT2D eigenvalue weighted by atomic mass is 10.0. The Morgan fingerprint density at radius 3 is 2.79 bits per heavy atom. The third kappa shape index (κ3) is 4.36. The number of ether oxygens (including phenoxy) is 1. The first-order valence-corrected chi connectivity index (χ1v) is 9.26. The van der Waals surface area contributed by atoms with Crippen LogP contribution < -0.4 is 10.1 Å². The van der Waals surface area contributed by atoms with E-state index in [0.29, 0.717) is 23.3 Å². The second kappa shape index (κ2) is 8.64. The van der Waals surface area contributed by atoms with Gasteiger partial charge in [-0.2, -0.15) is 0 Å². The van der Waals surface area contributed by atoms with Gasteiger partial charge in [-0.25, -0.2) is 0 Å². The predicted molar refractivity (Wildman–Crippen MR) is 110 cm³/mol. The molecule has 3 rings (SSSR count). The zero-order chi connectivity index (χ0) is 20.1. The van der Waals surface area contributed by atoms with Gasteiger partial charge in [-0.05, 0) is 50.1 Å². The number of nitrogens with one attached hydrogen (secondary N) is 2. The number of para-hydroxylation sites is 1. The summed E-state index contributed by atoms with van der Waals surface area (Å²) in [5, 5.41) is 13.8. The number of aliphatic hydroxyl groups excluding tert-OH is 1. The highest BCUT2D eigenvalue weighted by Crippen LogP contribution is 2.23. The third-order valence-corrected chi connectivity index (χ3v) is 4.45. The van der Waals surface area contributed by atoms with Crippen molar-refractivity contribution in [3.8, 4) is 18.1 Å². The van der Waals surface area contributed by atoms with Crippen LogP contribution in [0.2, 0.25) is 0 Å². The Morgan fingerprint density at radius 1 is 1.29 bits per heavy atom. The fraction of sp³-hybridized carbons (Fsp3) is 0.261. The first kappa shape index (κ1) is 19.5. The van der Waals surface area contributed by atoms with Gasteiger partial charge in [-0.15, -0.1) is 6.42 Å². The first-order valence-electron chi connectivity index (χ1n) is 9.26. The number of benzene rings is 2. The van der Waals surface area contributed by atoms with Gasteiger partial charge >= 0.3 is 0 Å². The molecule has 1 atom stereocenters. The SMILES string of the molecule is C#Cc1ccc(OC(C)C)c(C(=O)NC(CO)Cc2c[nH]c3ccccc23)c1. The van der Waals surface area contributed by atoms with Crippen LogP contribution >= 0.6 is 0 Å². The Kier molecular flexibility index (Phi) is 6.03. The predicted octanol–water partition coefficient (Wildman–Crippen LogP) is 3.27. The zero-order valence-electron chi connectivity index (χ0n) is 16.0. The molecule has 0 fully saturated rings. The van der Waals surface area contributed by atoms with Crippen LogP contribution in [0.5, 0.6) is 5.75 Å². The van der Waals surface area contributed by atoms with Crippen LogP contribution in [0.15, 0.2) is 48.7 Å². The number of carbonyl (C=O) groups excluding carboxylic acids is 1. The molecule has 2 aromatic carbocycles. The highest BCUT2D eigenvalue weighted by molar-refractivity contribution is 5.97. The molecule has 0 aliphatic rings. The topological polar surface area (TPSA) is 74.3 Å². The van der Waals surface area contributed by atoms with Crippen LogP contribution in [-0.4, -0.2) is 34.8 Å². The van der Waals surface area contributed by atoms with Crippen LogP contribution in [0.1, 0.15) is 35.3 Å². The zero-order valence-corrected chi connectivity index (χ0v) is 16.0. The number of aromatic amines is 1. The van der Waals surface area contributed by atoms with Gasteiger partial charge in [0, 0.05) is 22.7 Å². The Morgan fingerprint density at radius 2 is 2.07 bits per heavy atom. The van der Waals surface area contributed by atoms with E-state index >= 15 is 0 Å². The lowest BCUT2D eigenvalue weighted by Gasteiger charge is -2.19. The van der Waals surface area contributed by atoms with Crippen molar-refractivity contribution in [3.63, 3.8) is 0 Å². The minimum absolute atomic E-state index is 0.0805. The molecular weight excluding hydrogens is 352 g/mol. The van der Waals surface area contributed by atoms with Gasteiger partial charge in [-0.3, -0.25) is 4.79 Å². The van der Waals surface area contributed by atoms with Crippen molar-refractivity contribution in [2.75, 3.05) is 6.61 Å². The summed E-state index contributed by atoms with van der Waals surface area (Å²) in [5.74, 6) is 2.68. The highest BCUT2D eigenvalue weighted by Gasteiger charge is 2.19. The van der Waals surface area contributed by atoms with Gasteiger partial charge in [0.15, 0.2) is 0 Å². The summed E-state index contributed by atoms with van der Waals surface area (Å²) >= 11 is 0. The second-order valence-electron chi connectivity index (χ2n) is 6.94. The molecule has 0 spiro atoms. The molecule has 1 aromatic heterocycles. The molecular formula is C23H24N2O3. The van der Waals surface area contributed by atoms with Crippen LogP contribution in [0.4, 0.5) is 0 Å². The van der Waals surface area contributed by atoms with E-state index in [-0.39, 0.29) is 18.6 Å². The monoisotopic (exact) mass is 376 g/mol. The Balaban J connectivity index is 1.81. The Bertz CT molecular complexity index is 1010. The molecule has 3 aromatic rings. The molecule has 1 heterocycles. The second-order valence-corrected chi connectivity index (χ2v) is 6.94. The molecule has 0 bridgehead atoms. The van der Waals surface area contributed by atoms with Crippen molar-refractivity contribution in [2.45, 2.75) is 32.4 Å². The summed E-state index contributed by atoms with van der Waals surface area (Å²) in [6.45, 7) is 3.61. The van der Waals surface area contributed by atoms with E-state index in [1.54, 1.807) is 18.2 Å².